The van der Waals surface area contributed by atoms with E-state index in [0.717, 1.165) is 17.0 Å². The number of rotatable bonds is 3. The summed E-state index contributed by atoms with van der Waals surface area (Å²) in [6.45, 7) is 0. The molecule has 3 heterocycles. The molecule has 30 heavy (non-hydrogen) atoms. The van der Waals surface area contributed by atoms with Gasteiger partial charge in [-0.2, -0.15) is 18.3 Å². The lowest BCUT2D eigenvalue weighted by Crippen LogP contribution is -2.07. The third kappa shape index (κ3) is 3.12. The number of alkyl halides is 3. The molecule has 0 saturated heterocycles. The van der Waals surface area contributed by atoms with E-state index in [0.29, 0.717) is 22.5 Å². The molecule has 0 spiro atoms. The predicted octanol–water partition coefficient (Wildman–Crippen LogP) is 5.94. The molecule has 0 saturated carbocycles. The summed E-state index contributed by atoms with van der Waals surface area (Å²) in [7, 11) is 0. The number of halogens is 3. The molecule has 2 N–H and O–H groups in total. The van der Waals surface area contributed by atoms with Crippen molar-refractivity contribution >= 4 is 33.4 Å². The second-order valence-electron chi connectivity index (χ2n) is 6.71. The number of aromatic amines is 1. The van der Waals surface area contributed by atoms with E-state index in [1.54, 1.807) is 36.5 Å². The van der Waals surface area contributed by atoms with Crippen LogP contribution in [0.3, 0.4) is 0 Å². The number of hydrogen-bond acceptors (Lipinski definition) is 4. The van der Waals surface area contributed by atoms with Gasteiger partial charge in [0.1, 0.15) is 5.52 Å². The molecule has 0 unspecified atom stereocenters. The summed E-state index contributed by atoms with van der Waals surface area (Å²) >= 11 is 0. The average molecular weight is 405 g/mol. The van der Waals surface area contributed by atoms with E-state index < -0.39 is 11.7 Å². The van der Waals surface area contributed by atoms with Crippen molar-refractivity contribution in [1.29, 1.82) is 0 Å². The lowest BCUT2D eigenvalue weighted by atomic mass is 10.0. The number of fused-ring (bicyclic) bond motifs is 2. The molecular weight excluding hydrogens is 391 g/mol. The Bertz CT molecular complexity index is 1370. The van der Waals surface area contributed by atoms with Gasteiger partial charge in [-0.05, 0) is 30.3 Å². The fourth-order valence-electron chi connectivity index (χ4n) is 3.44. The van der Waals surface area contributed by atoms with Crippen molar-refractivity contribution in [3.8, 4) is 11.3 Å². The summed E-state index contributed by atoms with van der Waals surface area (Å²) in [4.78, 5) is 8.81. The van der Waals surface area contributed by atoms with Crippen LogP contribution < -0.4 is 5.32 Å². The lowest BCUT2D eigenvalue weighted by Gasteiger charge is -2.15. The summed E-state index contributed by atoms with van der Waals surface area (Å²) in [5.41, 5.74) is 2.05. The molecule has 2 aromatic carbocycles. The van der Waals surface area contributed by atoms with Gasteiger partial charge in [0, 0.05) is 17.1 Å². The Morgan fingerprint density at radius 2 is 1.70 bits per heavy atom. The second kappa shape index (κ2) is 6.84. The van der Waals surface area contributed by atoms with Crippen molar-refractivity contribution in [2.75, 3.05) is 5.32 Å². The summed E-state index contributed by atoms with van der Waals surface area (Å²) < 4.78 is 40.7. The van der Waals surface area contributed by atoms with E-state index >= 15 is 0 Å². The average Bonchev–Trinajstić information content (AvgIpc) is 3.16. The SMILES string of the molecule is FC(F)(F)c1ccccc1-c1cc(Nc2n[nH]c3cccnc23)c2ccccc2n1. The van der Waals surface area contributed by atoms with Gasteiger partial charge in [0.15, 0.2) is 5.82 Å². The van der Waals surface area contributed by atoms with Crippen molar-refractivity contribution in [3.63, 3.8) is 0 Å². The van der Waals surface area contributed by atoms with Gasteiger partial charge >= 0.3 is 6.18 Å². The minimum atomic E-state index is -4.49. The first-order valence-corrected chi connectivity index (χ1v) is 9.13. The van der Waals surface area contributed by atoms with Crippen molar-refractivity contribution in [2.24, 2.45) is 0 Å². The largest absolute Gasteiger partial charge is 0.417 e. The molecule has 0 aliphatic carbocycles. The normalized spacial score (nSPS) is 11.8. The van der Waals surface area contributed by atoms with Gasteiger partial charge in [-0.15, -0.1) is 0 Å². The maximum atomic E-state index is 13.6. The molecule has 0 fully saturated rings. The number of benzene rings is 2. The van der Waals surface area contributed by atoms with Crippen LogP contribution in [0.2, 0.25) is 0 Å². The number of anilines is 2. The van der Waals surface area contributed by atoms with Crippen molar-refractivity contribution in [1.82, 2.24) is 20.2 Å². The Balaban J connectivity index is 1.70. The zero-order valence-corrected chi connectivity index (χ0v) is 15.4. The van der Waals surface area contributed by atoms with Gasteiger partial charge in [-0.25, -0.2) is 4.98 Å². The summed E-state index contributed by atoms with van der Waals surface area (Å²) in [6, 6.07) is 17.9. The van der Waals surface area contributed by atoms with Crippen LogP contribution in [0.25, 0.3) is 33.2 Å². The molecule has 0 aliphatic heterocycles. The van der Waals surface area contributed by atoms with E-state index in [-0.39, 0.29) is 11.3 Å². The number of nitrogens with one attached hydrogen (secondary N) is 2. The fraction of sp³-hybridized carbons (Fsp3) is 0.0455. The predicted molar refractivity (Wildman–Crippen MR) is 109 cm³/mol. The molecule has 5 nitrogen and oxygen atoms in total. The van der Waals surface area contributed by atoms with Crippen LogP contribution in [-0.4, -0.2) is 20.2 Å². The minimum absolute atomic E-state index is 0.0174. The van der Waals surface area contributed by atoms with Crippen LogP contribution in [0.5, 0.6) is 0 Å². The maximum absolute atomic E-state index is 13.6. The quantitative estimate of drug-likeness (QED) is 0.390. The molecule has 5 aromatic rings. The zero-order valence-electron chi connectivity index (χ0n) is 15.4. The molecule has 0 bridgehead atoms. The Morgan fingerprint density at radius 1 is 0.900 bits per heavy atom. The van der Waals surface area contributed by atoms with Gasteiger partial charge in [0.05, 0.1) is 28.0 Å². The van der Waals surface area contributed by atoms with Gasteiger partial charge in [-0.3, -0.25) is 10.1 Å². The first-order chi connectivity index (χ1) is 14.5. The zero-order chi connectivity index (χ0) is 20.7. The number of aromatic nitrogens is 4. The summed E-state index contributed by atoms with van der Waals surface area (Å²) in [5, 5.41) is 11.1. The van der Waals surface area contributed by atoms with Gasteiger partial charge in [0.25, 0.3) is 0 Å². The fourth-order valence-corrected chi connectivity index (χ4v) is 3.44. The standard InChI is InChI=1S/C22H14F3N5/c23-22(24,25)15-8-3-1-6-13(15)18-12-19(14-7-2-4-9-16(14)27-18)28-21-20-17(29-30-21)10-5-11-26-20/h1-12H,(H2,27,28,29,30). The second-order valence-corrected chi connectivity index (χ2v) is 6.71. The number of nitrogens with zero attached hydrogens (tertiary/aromatic N) is 3. The third-order valence-corrected chi connectivity index (χ3v) is 4.80. The highest BCUT2D eigenvalue weighted by atomic mass is 19.4. The molecule has 0 aliphatic rings. The van der Waals surface area contributed by atoms with Crippen LogP contribution in [0.1, 0.15) is 5.56 Å². The van der Waals surface area contributed by atoms with E-state index in [2.05, 4.69) is 25.5 Å². The monoisotopic (exact) mass is 405 g/mol. The van der Waals surface area contributed by atoms with Gasteiger partial charge in [-0.1, -0.05) is 36.4 Å². The minimum Gasteiger partial charge on any atom is -0.336 e. The van der Waals surface area contributed by atoms with E-state index in [1.807, 2.05) is 18.2 Å². The topological polar surface area (TPSA) is 66.5 Å². The first kappa shape index (κ1) is 18.1. The molecule has 3 aromatic heterocycles. The number of para-hydroxylation sites is 1. The summed E-state index contributed by atoms with van der Waals surface area (Å²) in [6.07, 6.45) is -2.83. The van der Waals surface area contributed by atoms with Crippen LogP contribution in [0, 0.1) is 0 Å². The van der Waals surface area contributed by atoms with E-state index in [1.165, 1.54) is 12.1 Å². The first-order valence-electron chi connectivity index (χ1n) is 9.13. The molecule has 148 valence electrons. The maximum Gasteiger partial charge on any atom is 0.417 e. The van der Waals surface area contributed by atoms with Crippen LogP contribution in [-0.2, 0) is 6.18 Å². The highest BCUT2D eigenvalue weighted by molar-refractivity contribution is 5.98. The highest BCUT2D eigenvalue weighted by Gasteiger charge is 2.33. The molecular formula is C22H14F3N5. The smallest absolute Gasteiger partial charge is 0.336 e. The molecule has 5 rings (SSSR count). The Hall–Kier alpha value is -3.94. The van der Waals surface area contributed by atoms with Crippen LogP contribution in [0.15, 0.2) is 72.9 Å². The van der Waals surface area contributed by atoms with Crippen molar-refractivity contribution in [3.05, 3.63) is 78.5 Å². The van der Waals surface area contributed by atoms with Crippen molar-refractivity contribution < 1.29 is 13.2 Å². The highest BCUT2D eigenvalue weighted by Crippen LogP contribution is 2.38. The Labute approximate surface area is 168 Å². The van der Waals surface area contributed by atoms with Crippen LogP contribution >= 0.6 is 0 Å². The van der Waals surface area contributed by atoms with Gasteiger partial charge < -0.3 is 5.32 Å². The Morgan fingerprint density at radius 3 is 2.57 bits per heavy atom. The molecule has 0 atom stereocenters. The Kier molecular flexibility index (Phi) is 4.13. The van der Waals surface area contributed by atoms with E-state index in [9.17, 15) is 13.2 Å². The number of hydrogen-bond donors (Lipinski definition) is 2. The number of pyridine rings is 2. The summed E-state index contributed by atoms with van der Waals surface area (Å²) in [5.74, 6) is 0.483. The van der Waals surface area contributed by atoms with Crippen LogP contribution in [0.4, 0.5) is 24.7 Å². The molecule has 8 heteroatoms. The third-order valence-electron chi connectivity index (χ3n) is 4.80. The molecule has 0 amide bonds. The van der Waals surface area contributed by atoms with Crippen molar-refractivity contribution in [2.45, 2.75) is 6.18 Å². The molecule has 0 radical (unpaired) electrons. The number of H-pyrrole nitrogens is 1. The lowest BCUT2D eigenvalue weighted by molar-refractivity contribution is -0.137. The van der Waals surface area contributed by atoms with Gasteiger partial charge in [0.2, 0.25) is 0 Å². The van der Waals surface area contributed by atoms with E-state index in [4.69, 9.17) is 0 Å².